The predicted octanol–water partition coefficient (Wildman–Crippen LogP) is 1.18. The van der Waals surface area contributed by atoms with Crippen LogP contribution in [0.1, 0.15) is 10.5 Å². The lowest BCUT2D eigenvalue weighted by atomic mass is 10.2. The van der Waals surface area contributed by atoms with Gasteiger partial charge in [-0.1, -0.05) is 12.7 Å². The maximum absolute atomic E-state index is 15.1. The number of fused-ring (bicyclic) bond motifs is 1. The average Bonchev–Trinajstić information content (AvgIpc) is 3.61. The van der Waals surface area contributed by atoms with Crippen LogP contribution in [0.2, 0.25) is 0 Å². The number of nitrogens with one attached hydrogen (secondary N) is 2. The Morgan fingerprint density at radius 2 is 2.00 bits per heavy atom. The largest absolute Gasteiger partial charge is 0.445 e. The number of benzene rings is 1. The number of alkyl carbamates (subject to hydrolysis) is 1. The van der Waals surface area contributed by atoms with Crippen LogP contribution in [-0.2, 0) is 14.3 Å². The summed E-state index contributed by atoms with van der Waals surface area (Å²) in [5.74, 6) is -1.25. The van der Waals surface area contributed by atoms with Gasteiger partial charge in [-0.05, 0) is 18.2 Å². The number of amides is 4. The van der Waals surface area contributed by atoms with Crippen LogP contribution in [-0.4, -0.2) is 102 Å². The van der Waals surface area contributed by atoms with Crippen molar-refractivity contribution in [2.75, 3.05) is 62.2 Å². The lowest BCUT2D eigenvalue weighted by Gasteiger charge is -2.36. The number of rotatable bonds is 9. The molecule has 0 aliphatic carbocycles. The van der Waals surface area contributed by atoms with E-state index in [1.54, 1.807) is 40.0 Å². The molecule has 4 amide bonds. The summed E-state index contributed by atoms with van der Waals surface area (Å²) in [5, 5.41) is 5.10. The highest BCUT2D eigenvalue weighted by Gasteiger charge is 2.33. The molecule has 1 atom stereocenters. The van der Waals surface area contributed by atoms with E-state index in [0.29, 0.717) is 43.2 Å². The van der Waals surface area contributed by atoms with Crippen LogP contribution >= 0.6 is 0 Å². The van der Waals surface area contributed by atoms with Gasteiger partial charge in [-0.2, -0.15) is 0 Å². The predicted molar refractivity (Wildman–Crippen MR) is 148 cm³/mol. The highest BCUT2D eigenvalue weighted by Crippen LogP contribution is 2.28. The molecule has 14 nitrogen and oxygen atoms in total. The number of hydrogen-bond acceptors (Lipinski definition) is 9. The Bertz CT molecular complexity index is 1470. The second-order valence-corrected chi connectivity index (χ2v) is 9.54. The Labute approximate surface area is 239 Å². The van der Waals surface area contributed by atoms with Crippen LogP contribution in [0.15, 0.2) is 55.6 Å². The Morgan fingerprint density at radius 3 is 2.74 bits per heavy atom. The van der Waals surface area contributed by atoms with E-state index in [1.807, 2.05) is 4.90 Å². The fourth-order valence-corrected chi connectivity index (χ4v) is 4.65. The van der Waals surface area contributed by atoms with Crippen molar-refractivity contribution in [1.82, 2.24) is 29.9 Å². The van der Waals surface area contributed by atoms with Gasteiger partial charge < -0.3 is 34.3 Å². The van der Waals surface area contributed by atoms with E-state index in [9.17, 15) is 19.2 Å². The molecular formula is C27H29FN8O6. The summed E-state index contributed by atoms with van der Waals surface area (Å²) >= 11 is 0. The van der Waals surface area contributed by atoms with Crippen molar-refractivity contribution in [2.45, 2.75) is 6.10 Å². The van der Waals surface area contributed by atoms with Crippen LogP contribution in [0.25, 0.3) is 5.65 Å². The van der Waals surface area contributed by atoms with Crippen molar-refractivity contribution in [3.05, 3.63) is 67.2 Å². The maximum atomic E-state index is 15.1. The standard InChI is InChI=1S/C27H29FN8O6/c1-2-11-41-26(39)31-13-19-16-36(27(40)42-19)18-3-4-22(20(28)12-18)33-7-9-34(10-8-33)24(37)15-30-25(38)21-17-35-6-5-29-14-23(35)32-21/h2-6,12,14,17,19H,1,7-11,13,15-16H2,(H,30,38)(H,31,39). The van der Waals surface area contributed by atoms with Crippen molar-refractivity contribution < 1.29 is 33.0 Å². The average molecular weight is 581 g/mol. The van der Waals surface area contributed by atoms with Gasteiger partial charge >= 0.3 is 12.2 Å². The van der Waals surface area contributed by atoms with Crippen molar-refractivity contribution in [3.8, 4) is 0 Å². The summed E-state index contributed by atoms with van der Waals surface area (Å²) in [6, 6.07) is 4.46. The van der Waals surface area contributed by atoms with Gasteiger partial charge in [0.25, 0.3) is 5.91 Å². The first kappa shape index (κ1) is 28.3. The normalized spacial score (nSPS) is 16.7. The molecule has 2 fully saturated rings. The summed E-state index contributed by atoms with van der Waals surface area (Å²) in [4.78, 5) is 62.0. The number of carbonyl (C=O) groups is 4. The summed E-state index contributed by atoms with van der Waals surface area (Å²) in [5.41, 5.74) is 1.37. The van der Waals surface area contributed by atoms with Gasteiger partial charge in [0.1, 0.15) is 24.2 Å². The molecule has 15 heteroatoms. The molecule has 5 rings (SSSR count). The van der Waals surface area contributed by atoms with Crippen molar-refractivity contribution in [1.29, 1.82) is 0 Å². The Kier molecular flexibility index (Phi) is 8.45. The number of hydrogen-bond donors (Lipinski definition) is 2. The number of ether oxygens (including phenoxy) is 2. The minimum absolute atomic E-state index is 0.0453. The smallest absolute Gasteiger partial charge is 0.414 e. The van der Waals surface area contributed by atoms with Crippen molar-refractivity contribution in [3.63, 3.8) is 0 Å². The number of imidazole rings is 1. The first-order valence-corrected chi connectivity index (χ1v) is 13.2. The molecule has 2 aliphatic rings. The van der Waals surface area contributed by atoms with Crippen LogP contribution in [0.4, 0.5) is 25.4 Å². The third-order valence-corrected chi connectivity index (χ3v) is 6.79. The zero-order chi connectivity index (χ0) is 29.6. The summed E-state index contributed by atoms with van der Waals surface area (Å²) in [6.45, 7) is 4.96. The quantitative estimate of drug-likeness (QED) is 0.356. The third kappa shape index (κ3) is 6.40. The maximum Gasteiger partial charge on any atom is 0.414 e. The first-order chi connectivity index (χ1) is 20.3. The molecule has 220 valence electrons. The molecule has 2 aromatic heterocycles. The molecule has 4 heterocycles. The van der Waals surface area contributed by atoms with E-state index in [0.717, 1.165) is 0 Å². The van der Waals surface area contributed by atoms with E-state index < -0.39 is 30.0 Å². The van der Waals surface area contributed by atoms with E-state index in [4.69, 9.17) is 9.47 Å². The zero-order valence-electron chi connectivity index (χ0n) is 22.6. The second kappa shape index (κ2) is 12.5. The second-order valence-electron chi connectivity index (χ2n) is 9.54. The molecule has 42 heavy (non-hydrogen) atoms. The molecule has 1 aromatic carbocycles. The van der Waals surface area contributed by atoms with Crippen LogP contribution in [0, 0.1) is 5.82 Å². The van der Waals surface area contributed by atoms with Gasteiger partial charge in [-0.3, -0.25) is 19.5 Å². The number of cyclic esters (lactones) is 1. The van der Waals surface area contributed by atoms with Gasteiger partial charge in [0.2, 0.25) is 5.91 Å². The summed E-state index contributed by atoms with van der Waals surface area (Å²) in [7, 11) is 0. The van der Waals surface area contributed by atoms with Gasteiger partial charge in [0, 0.05) is 44.8 Å². The topological polar surface area (TPSA) is 151 Å². The van der Waals surface area contributed by atoms with Crippen LogP contribution in [0.3, 0.4) is 0 Å². The van der Waals surface area contributed by atoms with Gasteiger partial charge in [-0.15, -0.1) is 0 Å². The molecule has 1 unspecified atom stereocenters. The number of anilines is 2. The van der Waals surface area contributed by atoms with E-state index in [1.165, 1.54) is 23.2 Å². The Hall–Kier alpha value is -5.21. The zero-order valence-corrected chi connectivity index (χ0v) is 22.6. The Balaban J connectivity index is 1.09. The summed E-state index contributed by atoms with van der Waals surface area (Å²) in [6.07, 6.45) is 5.83. The summed E-state index contributed by atoms with van der Waals surface area (Å²) < 4.78 is 26.9. The van der Waals surface area contributed by atoms with Crippen LogP contribution < -0.4 is 20.4 Å². The number of piperazine rings is 1. The van der Waals surface area contributed by atoms with Gasteiger partial charge in [0.05, 0.1) is 37.2 Å². The molecule has 3 aromatic rings. The van der Waals surface area contributed by atoms with Crippen LogP contribution in [0.5, 0.6) is 0 Å². The van der Waals surface area contributed by atoms with Crippen molar-refractivity contribution >= 4 is 41.0 Å². The molecule has 2 saturated heterocycles. The SMILES string of the molecule is C=CCOC(=O)NCC1CN(c2ccc(N3CCN(C(=O)CNC(=O)c4cn5ccncc5n4)CC3)c(F)c2)C(=O)O1. The fraction of sp³-hybridized carbons (Fsp3) is 0.333. The lowest BCUT2D eigenvalue weighted by molar-refractivity contribution is -0.130. The van der Waals surface area contributed by atoms with Crippen molar-refractivity contribution in [2.24, 2.45) is 0 Å². The molecule has 0 spiro atoms. The third-order valence-electron chi connectivity index (χ3n) is 6.79. The minimum Gasteiger partial charge on any atom is -0.445 e. The van der Waals surface area contributed by atoms with Gasteiger partial charge in [-0.25, -0.2) is 19.0 Å². The highest BCUT2D eigenvalue weighted by molar-refractivity contribution is 5.95. The first-order valence-electron chi connectivity index (χ1n) is 13.2. The molecule has 0 bridgehead atoms. The molecule has 0 radical (unpaired) electrons. The molecule has 2 N–H and O–H groups in total. The molecular weight excluding hydrogens is 551 g/mol. The monoisotopic (exact) mass is 580 g/mol. The Morgan fingerprint density at radius 1 is 1.19 bits per heavy atom. The molecule has 2 aliphatic heterocycles. The lowest BCUT2D eigenvalue weighted by Crippen LogP contribution is -2.51. The number of carbonyl (C=O) groups excluding carboxylic acids is 4. The van der Waals surface area contributed by atoms with E-state index in [2.05, 4.69) is 27.2 Å². The number of nitrogens with zero attached hydrogens (tertiary/aromatic N) is 6. The number of halogens is 1. The van der Waals surface area contributed by atoms with E-state index in [-0.39, 0.29) is 37.8 Å². The van der Waals surface area contributed by atoms with Gasteiger partial charge in [0.15, 0.2) is 5.65 Å². The number of aromatic nitrogens is 3. The fourth-order valence-electron chi connectivity index (χ4n) is 4.65. The highest BCUT2D eigenvalue weighted by atomic mass is 19.1. The van der Waals surface area contributed by atoms with E-state index >= 15 is 4.39 Å². The minimum atomic E-state index is -0.660. The molecule has 0 saturated carbocycles.